The van der Waals surface area contributed by atoms with Gasteiger partial charge in [0.2, 0.25) is 0 Å². The van der Waals surface area contributed by atoms with E-state index < -0.39 is 0 Å². The van der Waals surface area contributed by atoms with Crippen LogP contribution in [-0.4, -0.2) is 22.1 Å². The van der Waals surface area contributed by atoms with Crippen LogP contribution in [0.2, 0.25) is 0 Å². The lowest BCUT2D eigenvalue weighted by Crippen LogP contribution is -2.20. The predicted octanol–water partition coefficient (Wildman–Crippen LogP) is 2.93. The number of rotatable bonds is 3. The molecule has 0 aliphatic heterocycles. The van der Waals surface area contributed by atoms with E-state index in [-0.39, 0.29) is 0 Å². The molecular formula is C19H14BN2O. The Morgan fingerprint density at radius 2 is 1.48 bits per heavy atom. The molecule has 0 fully saturated rings. The standard InChI is InChI=1S/C19H14BN2O/c23-20-15-10-4-6-12-17(15)22-18-13-7-5-11-16(18)21-19(22)14-8-2-1-3-9-14/h1-13,23H. The molecule has 4 heteroatoms. The SMILES string of the molecule is O[B]c1ccccc1-n1c(-c2ccccc2)nc2ccccc21. The normalized spacial score (nSPS) is 10.8. The van der Waals surface area contributed by atoms with E-state index in [0.29, 0.717) is 0 Å². The average Bonchev–Trinajstić information content (AvgIpc) is 3.02. The Balaban J connectivity index is 2.08. The third kappa shape index (κ3) is 2.33. The van der Waals surface area contributed by atoms with Crippen LogP contribution in [0.1, 0.15) is 0 Å². The summed E-state index contributed by atoms with van der Waals surface area (Å²) in [4.78, 5) is 4.80. The van der Waals surface area contributed by atoms with E-state index in [9.17, 15) is 5.02 Å². The van der Waals surface area contributed by atoms with Crippen LogP contribution in [0.4, 0.5) is 0 Å². The third-order valence-corrected chi connectivity index (χ3v) is 3.91. The minimum atomic E-state index is 0.757. The molecule has 4 rings (SSSR count). The maximum absolute atomic E-state index is 9.59. The molecule has 0 bridgehead atoms. The monoisotopic (exact) mass is 297 g/mol. The van der Waals surface area contributed by atoms with Gasteiger partial charge in [-0.1, -0.05) is 60.7 Å². The highest BCUT2D eigenvalue weighted by molar-refractivity contribution is 6.47. The Morgan fingerprint density at radius 3 is 2.30 bits per heavy atom. The van der Waals surface area contributed by atoms with E-state index in [1.165, 1.54) is 0 Å². The van der Waals surface area contributed by atoms with Crippen LogP contribution in [0.15, 0.2) is 78.9 Å². The number of benzene rings is 3. The molecule has 0 atom stereocenters. The number of hydrogen-bond acceptors (Lipinski definition) is 2. The van der Waals surface area contributed by atoms with Gasteiger partial charge in [0.05, 0.1) is 11.0 Å². The van der Waals surface area contributed by atoms with Gasteiger partial charge in [0.25, 0.3) is 0 Å². The molecule has 1 radical (unpaired) electrons. The van der Waals surface area contributed by atoms with Crippen molar-refractivity contribution in [1.29, 1.82) is 0 Å². The number of hydrogen-bond donors (Lipinski definition) is 1. The second-order valence-electron chi connectivity index (χ2n) is 5.31. The quantitative estimate of drug-likeness (QED) is 0.590. The fourth-order valence-electron chi connectivity index (χ4n) is 2.85. The smallest absolute Gasteiger partial charge is 0.328 e. The first kappa shape index (κ1) is 13.8. The molecule has 3 aromatic carbocycles. The molecule has 0 aliphatic carbocycles. The Bertz CT molecular complexity index is 963. The first-order chi connectivity index (χ1) is 11.4. The van der Waals surface area contributed by atoms with E-state index in [0.717, 1.165) is 41.1 Å². The number of para-hydroxylation sites is 3. The topological polar surface area (TPSA) is 38.0 Å². The zero-order valence-corrected chi connectivity index (χ0v) is 12.4. The summed E-state index contributed by atoms with van der Waals surface area (Å²) >= 11 is 0. The van der Waals surface area contributed by atoms with Gasteiger partial charge in [-0.05, 0) is 23.7 Å². The molecule has 0 saturated carbocycles. The maximum atomic E-state index is 9.59. The van der Waals surface area contributed by atoms with Gasteiger partial charge in [0.1, 0.15) is 5.82 Å². The third-order valence-electron chi connectivity index (χ3n) is 3.91. The van der Waals surface area contributed by atoms with Gasteiger partial charge in [-0.3, -0.25) is 4.57 Å². The highest BCUT2D eigenvalue weighted by Crippen LogP contribution is 2.27. The molecule has 0 amide bonds. The van der Waals surface area contributed by atoms with Gasteiger partial charge in [-0.2, -0.15) is 0 Å². The second-order valence-corrected chi connectivity index (χ2v) is 5.31. The summed E-state index contributed by atoms with van der Waals surface area (Å²) in [6.45, 7) is 0. The van der Waals surface area contributed by atoms with E-state index in [4.69, 9.17) is 4.98 Å². The number of nitrogens with zero attached hydrogens (tertiary/aromatic N) is 2. The van der Waals surface area contributed by atoms with E-state index in [1.54, 1.807) is 0 Å². The van der Waals surface area contributed by atoms with E-state index in [1.807, 2.05) is 78.9 Å². The second kappa shape index (κ2) is 5.74. The first-order valence-electron chi connectivity index (χ1n) is 7.48. The first-order valence-corrected chi connectivity index (χ1v) is 7.48. The van der Waals surface area contributed by atoms with Crippen LogP contribution < -0.4 is 5.46 Å². The molecule has 1 N–H and O–H groups in total. The van der Waals surface area contributed by atoms with Crippen LogP contribution in [0.25, 0.3) is 28.1 Å². The van der Waals surface area contributed by atoms with Crippen molar-refractivity contribution in [2.45, 2.75) is 0 Å². The fraction of sp³-hybridized carbons (Fsp3) is 0. The van der Waals surface area contributed by atoms with Crippen molar-refractivity contribution in [3.05, 3.63) is 78.9 Å². The minimum absolute atomic E-state index is 0.757. The molecule has 4 aromatic rings. The molecule has 1 heterocycles. The zero-order valence-electron chi connectivity index (χ0n) is 12.4. The van der Waals surface area contributed by atoms with Gasteiger partial charge in [-0.25, -0.2) is 4.98 Å². The Morgan fingerprint density at radius 1 is 0.783 bits per heavy atom. The maximum Gasteiger partial charge on any atom is 0.328 e. The molecule has 0 unspecified atom stereocenters. The summed E-state index contributed by atoms with van der Waals surface area (Å²) in [6.07, 6.45) is 0. The lowest BCUT2D eigenvalue weighted by Gasteiger charge is -2.12. The van der Waals surface area contributed by atoms with Crippen LogP contribution in [0.3, 0.4) is 0 Å². The Kier molecular flexibility index (Phi) is 3.44. The molecule has 0 saturated heterocycles. The van der Waals surface area contributed by atoms with Crippen LogP contribution in [0.5, 0.6) is 0 Å². The van der Waals surface area contributed by atoms with Crippen molar-refractivity contribution in [3.63, 3.8) is 0 Å². The van der Waals surface area contributed by atoms with Gasteiger partial charge >= 0.3 is 7.48 Å². The van der Waals surface area contributed by atoms with Crippen molar-refractivity contribution in [1.82, 2.24) is 9.55 Å². The summed E-state index contributed by atoms with van der Waals surface area (Å²) in [5.74, 6) is 0.862. The van der Waals surface area contributed by atoms with Crippen molar-refractivity contribution < 1.29 is 5.02 Å². The van der Waals surface area contributed by atoms with Crippen molar-refractivity contribution >= 4 is 24.0 Å². The van der Waals surface area contributed by atoms with Crippen LogP contribution in [-0.2, 0) is 0 Å². The lowest BCUT2D eigenvalue weighted by atomic mass is 9.87. The fourth-order valence-corrected chi connectivity index (χ4v) is 2.85. The largest absolute Gasteiger partial charge is 0.450 e. The van der Waals surface area contributed by atoms with Crippen molar-refractivity contribution in [3.8, 4) is 17.1 Å². The predicted molar refractivity (Wildman–Crippen MR) is 94.1 cm³/mol. The Hall–Kier alpha value is -2.85. The molecule has 1 aromatic heterocycles. The van der Waals surface area contributed by atoms with E-state index >= 15 is 0 Å². The molecule has 23 heavy (non-hydrogen) atoms. The minimum Gasteiger partial charge on any atom is -0.450 e. The molecule has 0 aliphatic rings. The van der Waals surface area contributed by atoms with Gasteiger partial charge in [-0.15, -0.1) is 0 Å². The van der Waals surface area contributed by atoms with Crippen LogP contribution in [0, 0.1) is 0 Å². The summed E-state index contributed by atoms with van der Waals surface area (Å²) in [5, 5.41) is 9.59. The van der Waals surface area contributed by atoms with Gasteiger partial charge < -0.3 is 5.02 Å². The summed E-state index contributed by atoms with van der Waals surface area (Å²) < 4.78 is 2.09. The highest BCUT2D eigenvalue weighted by atomic mass is 16.2. The van der Waals surface area contributed by atoms with Crippen molar-refractivity contribution in [2.75, 3.05) is 0 Å². The highest BCUT2D eigenvalue weighted by Gasteiger charge is 2.15. The van der Waals surface area contributed by atoms with Gasteiger partial charge in [0.15, 0.2) is 0 Å². The van der Waals surface area contributed by atoms with Gasteiger partial charge in [0, 0.05) is 11.3 Å². The average molecular weight is 297 g/mol. The molecule has 3 nitrogen and oxygen atoms in total. The summed E-state index contributed by atoms with van der Waals surface area (Å²) in [5.41, 5.74) is 4.64. The number of fused-ring (bicyclic) bond motifs is 1. The number of imidazole rings is 1. The Labute approximate surface area is 135 Å². The molecule has 109 valence electrons. The van der Waals surface area contributed by atoms with Crippen molar-refractivity contribution in [2.24, 2.45) is 0 Å². The molecular weight excluding hydrogens is 283 g/mol. The van der Waals surface area contributed by atoms with Crippen LogP contribution >= 0.6 is 0 Å². The summed E-state index contributed by atoms with van der Waals surface area (Å²) in [7, 11) is 1.14. The molecule has 0 spiro atoms. The number of aromatic nitrogens is 2. The van der Waals surface area contributed by atoms with E-state index in [2.05, 4.69) is 4.57 Å². The zero-order chi connectivity index (χ0) is 15.6. The summed E-state index contributed by atoms with van der Waals surface area (Å²) in [6, 6.07) is 25.9. The lowest BCUT2D eigenvalue weighted by molar-refractivity contribution is 0.615.